The summed E-state index contributed by atoms with van der Waals surface area (Å²) in [5.41, 5.74) is -0.519. The molecule has 1 aliphatic rings. The van der Waals surface area contributed by atoms with Gasteiger partial charge in [0.1, 0.15) is 5.60 Å². The number of nitrogens with zero attached hydrogens (tertiary/aromatic N) is 1. The number of aliphatic hydroxyl groups is 2. The highest BCUT2D eigenvalue weighted by Crippen LogP contribution is 2.22. The van der Waals surface area contributed by atoms with Crippen molar-refractivity contribution in [2.24, 2.45) is 0 Å². The standard InChI is InChI=1S/C10H19NO4S/c1-10(2,3)15-9(14)11-4-5-16-7(6-11)8(12)13/h7-8,12-13H,4-6H2,1-3H3. The van der Waals surface area contributed by atoms with Crippen LogP contribution in [0.25, 0.3) is 0 Å². The molecule has 0 aromatic carbocycles. The van der Waals surface area contributed by atoms with Crippen molar-refractivity contribution in [3.8, 4) is 0 Å². The quantitative estimate of drug-likeness (QED) is 0.668. The normalized spacial score (nSPS) is 22.4. The van der Waals surface area contributed by atoms with Gasteiger partial charge in [0.05, 0.1) is 5.25 Å². The minimum atomic E-state index is -1.39. The third-order valence-corrected chi connectivity index (χ3v) is 3.32. The second-order valence-corrected chi connectivity index (χ2v) is 6.10. The molecular formula is C10H19NO4S. The van der Waals surface area contributed by atoms with E-state index in [1.165, 1.54) is 16.7 Å². The number of aliphatic hydroxyl groups excluding tert-OH is 1. The van der Waals surface area contributed by atoms with Crippen LogP contribution in [0.3, 0.4) is 0 Å². The Balaban J connectivity index is 2.50. The Hall–Kier alpha value is -0.460. The van der Waals surface area contributed by atoms with Crippen molar-refractivity contribution in [2.45, 2.75) is 37.9 Å². The van der Waals surface area contributed by atoms with Gasteiger partial charge in [0, 0.05) is 18.8 Å². The van der Waals surface area contributed by atoms with Crippen LogP contribution < -0.4 is 0 Å². The van der Waals surface area contributed by atoms with Gasteiger partial charge >= 0.3 is 6.09 Å². The highest BCUT2D eigenvalue weighted by molar-refractivity contribution is 8.00. The van der Waals surface area contributed by atoms with E-state index < -0.39 is 18.0 Å². The Bertz CT molecular complexity index is 252. The van der Waals surface area contributed by atoms with Crippen LogP contribution in [0.2, 0.25) is 0 Å². The van der Waals surface area contributed by atoms with E-state index in [2.05, 4.69) is 0 Å². The molecule has 6 heteroatoms. The number of hydrogen-bond donors (Lipinski definition) is 2. The zero-order valence-corrected chi connectivity index (χ0v) is 10.7. The lowest BCUT2D eigenvalue weighted by Crippen LogP contribution is -2.47. The van der Waals surface area contributed by atoms with Crippen molar-refractivity contribution < 1.29 is 19.7 Å². The van der Waals surface area contributed by atoms with Crippen LogP contribution in [0.1, 0.15) is 20.8 Å². The number of carbonyl (C=O) groups excluding carboxylic acids is 1. The molecule has 0 aromatic heterocycles. The first kappa shape index (κ1) is 13.6. The van der Waals surface area contributed by atoms with Crippen molar-refractivity contribution >= 4 is 17.9 Å². The molecule has 0 bridgehead atoms. The highest BCUT2D eigenvalue weighted by atomic mass is 32.2. The van der Waals surface area contributed by atoms with Gasteiger partial charge in [0.2, 0.25) is 0 Å². The molecule has 1 saturated heterocycles. The minimum absolute atomic E-state index is 0.317. The monoisotopic (exact) mass is 249 g/mol. The summed E-state index contributed by atoms with van der Waals surface area (Å²) in [6.45, 7) is 6.33. The lowest BCUT2D eigenvalue weighted by atomic mass is 10.2. The second-order valence-electron chi connectivity index (χ2n) is 4.75. The summed E-state index contributed by atoms with van der Waals surface area (Å²) >= 11 is 1.46. The number of hydrogen-bond acceptors (Lipinski definition) is 5. The first-order valence-electron chi connectivity index (χ1n) is 5.25. The molecule has 1 unspecified atom stereocenters. The fraction of sp³-hybridized carbons (Fsp3) is 0.900. The molecule has 1 aliphatic heterocycles. The molecule has 5 nitrogen and oxygen atoms in total. The molecule has 1 atom stereocenters. The number of carbonyl (C=O) groups is 1. The summed E-state index contributed by atoms with van der Waals surface area (Å²) < 4.78 is 5.22. The Morgan fingerprint density at radius 2 is 2.12 bits per heavy atom. The molecule has 0 aliphatic carbocycles. The molecule has 0 spiro atoms. The average Bonchev–Trinajstić information content (AvgIpc) is 2.15. The van der Waals surface area contributed by atoms with Gasteiger partial charge in [-0.2, -0.15) is 0 Å². The molecule has 1 fully saturated rings. The molecule has 0 aromatic rings. The maximum Gasteiger partial charge on any atom is 0.410 e. The van der Waals surface area contributed by atoms with Crippen molar-refractivity contribution in [1.82, 2.24) is 4.90 Å². The third kappa shape index (κ3) is 4.19. The summed E-state index contributed by atoms with van der Waals surface area (Å²) in [6.07, 6.45) is -1.78. The topological polar surface area (TPSA) is 70.0 Å². The van der Waals surface area contributed by atoms with Gasteiger partial charge in [-0.25, -0.2) is 4.79 Å². The van der Waals surface area contributed by atoms with Crippen LogP contribution in [-0.2, 0) is 4.74 Å². The Labute approximate surface area is 99.8 Å². The zero-order chi connectivity index (χ0) is 12.3. The van der Waals surface area contributed by atoms with Crippen molar-refractivity contribution in [3.63, 3.8) is 0 Å². The number of ether oxygens (including phenoxy) is 1. The van der Waals surface area contributed by atoms with Crippen molar-refractivity contribution in [1.29, 1.82) is 0 Å². The minimum Gasteiger partial charge on any atom is -0.444 e. The lowest BCUT2D eigenvalue weighted by Gasteiger charge is -2.34. The lowest BCUT2D eigenvalue weighted by molar-refractivity contribution is -0.0472. The van der Waals surface area contributed by atoms with Gasteiger partial charge in [-0.3, -0.25) is 0 Å². The van der Waals surface area contributed by atoms with E-state index in [4.69, 9.17) is 14.9 Å². The Morgan fingerprint density at radius 3 is 2.62 bits per heavy atom. The summed E-state index contributed by atoms with van der Waals surface area (Å²) in [6, 6.07) is 0. The van der Waals surface area contributed by atoms with Crippen LogP contribution >= 0.6 is 11.8 Å². The van der Waals surface area contributed by atoms with Gasteiger partial charge in [-0.15, -0.1) is 11.8 Å². The van der Waals surface area contributed by atoms with E-state index in [9.17, 15) is 4.79 Å². The molecule has 0 saturated carbocycles. The van der Waals surface area contributed by atoms with E-state index in [0.717, 1.165) is 0 Å². The molecule has 16 heavy (non-hydrogen) atoms. The molecule has 94 valence electrons. The van der Waals surface area contributed by atoms with Crippen LogP contribution in [0, 0.1) is 0 Å². The fourth-order valence-corrected chi connectivity index (χ4v) is 2.43. The summed E-state index contributed by atoms with van der Waals surface area (Å²) in [4.78, 5) is 13.2. The van der Waals surface area contributed by atoms with E-state index in [-0.39, 0.29) is 5.25 Å². The largest absolute Gasteiger partial charge is 0.444 e. The summed E-state index contributed by atoms with van der Waals surface area (Å²) in [5.74, 6) is 0.696. The van der Waals surface area contributed by atoms with Crippen LogP contribution in [0.4, 0.5) is 4.79 Å². The number of rotatable bonds is 1. The number of thioether (sulfide) groups is 1. The van der Waals surface area contributed by atoms with Gasteiger partial charge in [0.15, 0.2) is 6.29 Å². The maximum atomic E-state index is 11.7. The van der Waals surface area contributed by atoms with Gasteiger partial charge in [-0.05, 0) is 20.8 Å². The molecule has 1 amide bonds. The van der Waals surface area contributed by atoms with E-state index in [1.54, 1.807) is 0 Å². The molecular weight excluding hydrogens is 230 g/mol. The second kappa shape index (κ2) is 5.25. The average molecular weight is 249 g/mol. The predicted octanol–water partition coefficient (Wildman–Crippen LogP) is 0.650. The van der Waals surface area contributed by atoms with Crippen molar-refractivity contribution in [3.05, 3.63) is 0 Å². The van der Waals surface area contributed by atoms with E-state index >= 15 is 0 Å². The van der Waals surface area contributed by atoms with Crippen LogP contribution in [0.5, 0.6) is 0 Å². The van der Waals surface area contributed by atoms with Crippen LogP contribution in [0.15, 0.2) is 0 Å². The van der Waals surface area contributed by atoms with Crippen LogP contribution in [-0.4, -0.2) is 57.2 Å². The van der Waals surface area contributed by atoms with E-state index in [1.807, 2.05) is 20.8 Å². The summed E-state index contributed by atoms with van der Waals surface area (Å²) in [5, 5.41) is 17.8. The smallest absolute Gasteiger partial charge is 0.410 e. The SMILES string of the molecule is CC(C)(C)OC(=O)N1CCSC(C(O)O)C1. The van der Waals surface area contributed by atoms with Crippen molar-refractivity contribution in [2.75, 3.05) is 18.8 Å². The molecule has 2 N–H and O–H groups in total. The van der Waals surface area contributed by atoms with E-state index in [0.29, 0.717) is 18.8 Å². The third-order valence-electron chi connectivity index (χ3n) is 2.08. The number of amides is 1. The zero-order valence-electron chi connectivity index (χ0n) is 9.84. The molecule has 1 heterocycles. The van der Waals surface area contributed by atoms with Gasteiger partial charge in [-0.1, -0.05) is 0 Å². The fourth-order valence-electron chi connectivity index (χ4n) is 1.35. The van der Waals surface area contributed by atoms with Gasteiger partial charge in [0.25, 0.3) is 0 Å². The predicted molar refractivity (Wildman–Crippen MR) is 62.3 cm³/mol. The first-order valence-corrected chi connectivity index (χ1v) is 6.30. The Morgan fingerprint density at radius 1 is 1.50 bits per heavy atom. The molecule has 1 rings (SSSR count). The van der Waals surface area contributed by atoms with Gasteiger partial charge < -0.3 is 19.8 Å². The highest BCUT2D eigenvalue weighted by Gasteiger charge is 2.30. The molecule has 0 radical (unpaired) electrons. The summed E-state index contributed by atoms with van der Waals surface area (Å²) in [7, 11) is 0. The first-order chi connectivity index (χ1) is 7.29. The maximum absolute atomic E-state index is 11.7. The Kier molecular flexibility index (Phi) is 4.46.